The predicted molar refractivity (Wildman–Crippen MR) is 102 cm³/mol. The first-order valence-electron chi connectivity index (χ1n) is 8.49. The zero-order valence-corrected chi connectivity index (χ0v) is 14.2. The largest absolute Gasteiger partial charge is 0.487 e. The van der Waals surface area contributed by atoms with Crippen LogP contribution in [-0.2, 0) is 6.61 Å². The third-order valence-electron chi connectivity index (χ3n) is 4.25. The van der Waals surface area contributed by atoms with Crippen molar-refractivity contribution in [1.82, 2.24) is 20.3 Å². The number of aromatic nitrogens is 4. The van der Waals surface area contributed by atoms with Crippen molar-refractivity contribution in [3.05, 3.63) is 72.6 Å². The molecule has 0 amide bonds. The number of nitrogens with one attached hydrogen (secondary N) is 2. The van der Waals surface area contributed by atoms with Crippen LogP contribution in [0.25, 0.3) is 22.0 Å². The first kappa shape index (κ1) is 15.4. The van der Waals surface area contributed by atoms with Crippen LogP contribution in [-0.4, -0.2) is 20.3 Å². The Morgan fingerprint density at radius 3 is 2.89 bits per heavy atom. The van der Waals surface area contributed by atoms with Gasteiger partial charge in [0.25, 0.3) is 0 Å². The minimum absolute atomic E-state index is 0.345. The number of para-hydroxylation sites is 1. The Balaban J connectivity index is 1.38. The van der Waals surface area contributed by atoms with Gasteiger partial charge in [-0.2, -0.15) is 5.10 Å². The van der Waals surface area contributed by atoms with Crippen molar-refractivity contribution in [1.29, 1.82) is 0 Å². The summed E-state index contributed by atoms with van der Waals surface area (Å²) in [6.45, 7) is 0.345. The van der Waals surface area contributed by atoms with Gasteiger partial charge < -0.3 is 14.6 Å². The van der Waals surface area contributed by atoms with E-state index in [9.17, 15) is 0 Å². The van der Waals surface area contributed by atoms with Crippen LogP contribution in [0.4, 0.5) is 11.5 Å². The fourth-order valence-electron chi connectivity index (χ4n) is 2.92. The summed E-state index contributed by atoms with van der Waals surface area (Å²) in [7, 11) is 0. The van der Waals surface area contributed by atoms with Crippen LogP contribution in [0.3, 0.4) is 0 Å². The van der Waals surface area contributed by atoms with Crippen molar-refractivity contribution in [2.45, 2.75) is 6.61 Å². The molecule has 132 valence electrons. The highest BCUT2D eigenvalue weighted by Crippen LogP contribution is 2.27. The molecule has 2 N–H and O–H groups in total. The maximum absolute atomic E-state index is 5.76. The van der Waals surface area contributed by atoms with E-state index >= 15 is 0 Å². The third-order valence-corrected chi connectivity index (χ3v) is 4.25. The Kier molecular flexibility index (Phi) is 3.68. The molecule has 0 aliphatic heterocycles. The molecule has 0 radical (unpaired) electrons. The number of benzene rings is 2. The first-order chi connectivity index (χ1) is 13.4. The molecule has 3 heterocycles. The quantitative estimate of drug-likeness (QED) is 0.484. The van der Waals surface area contributed by atoms with E-state index in [2.05, 4.69) is 25.7 Å². The molecule has 0 unspecified atom stereocenters. The molecule has 5 aromatic rings. The summed E-state index contributed by atoms with van der Waals surface area (Å²) in [6, 6.07) is 19.2. The molecule has 2 aromatic carbocycles. The van der Waals surface area contributed by atoms with Crippen LogP contribution in [0.15, 0.2) is 71.4 Å². The lowest BCUT2D eigenvalue weighted by Crippen LogP contribution is -1.96. The number of fused-ring (bicyclic) bond motifs is 2. The molecule has 7 nitrogen and oxygen atoms in total. The van der Waals surface area contributed by atoms with E-state index in [1.165, 1.54) is 0 Å². The fourth-order valence-corrected chi connectivity index (χ4v) is 2.92. The number of hydrogen-bond acceptors (Lipinski definition) is 6. The van der Waals surface area contributed by atoms with Gasteiger partial charge in [0.2, 0.25) is 0 Å². The molecule has 0 bridgehead atoms. The summed E-state index contributed by atoms with van der Waals surface area (Å²) in [6.07, 6.45) is 1.74. The molecule has 7 heteroatoms. The molecule has 0 spiro atoms. The van der Waals surface area contributed by atoms with Crippen molar-refractivity contribution in [2.24, 2.45) is 0 Å². The molecular weight excluding hydrogens is 342 g/mol. The van der Waals surface area contributed by atoms with Gasteiger partial charge in [-0.25, -0.2) is 0 Å². The standard InChI is InChI=1S/C20H15N5O2/c1-2-5-14(6-3-1)26-12-17-15-9-8-13(11-18(15)27-25-17)22-20-19-16(23-24-20)7-4-10-21-19/h1-11H,12H2,(H2,22,23,24). The normalized spacial score (nSPS) is 11.1. The number of ether oxygens (including phenoxy) is 1. The van der Waals surface area contributed by atoms with E-state index in [0.29, 0.717) is 18.0 Å². The lowest BCUT2D eigenvalue weighted by molar-refractivity contribution is 0.292. The Morgan fingerprint density at radius 2 is 1.96 bits per heavy atom. The highest BCUT2D eigenvalue weighted by atomic mass is 16.5. The van der Waals surface area contributed by atoms with E-state index in [0.717, 1.165) is 33.6 Å². The molecular formula is C20H15N5O2. The zero-order chi connectivity index (χ0) is 18.1. The van der Waals surface area contributed by atoms with Crippen molar-refractivity contribution in [3.8, 4) is 5.75 Å². The minimum atomic E-state index is 0.345. The average Bonchev–Trinajstić information content (AvgIpc) is 3.31. The van der Waals surface area contributed by atoms with Gasteiger partial charge in [-0.15, -0.1) is 0 Å². The first-order valence-corrected chi connectivity index (χ1v) is 8.49. The Bertz CT molecular complexity index is 1210. The summed E-state index contributed by atoms with van der Waals surface area (Å²) in [4.78, 5) is 4.35. The number of aromatic amines is 1. The predicted octanol–water partition coefficient (Wildman–Crippen LogP) is 4.42. The summed E-state index contributed by atoms with van der Waals surface area (Å²) in [5.41, 5.74) is 3.94. The maximum Gasteiger partial charge on any atom is 0.178 e. The molecule has 0 saturated carbocycles. The number of nitrogens with zero attached hydrogens (tertiary/aromatic N) is 3. The number of pyridine rings is 1. The Morgan fingerprint density at radius 1 is 1.04 bits per heavy atom. The van der Waals surface area contributed by atoms with E-state index in [1.807, 2.05) is 60.7 Å². The zero-order valence-electron chi connectivity index (χ0n) is 14.2. The van der Waals surface area contributed by atoms with Crippen molar-refractivity contribution < 1.29 is 9.26 Å². The van der Waals surface area contributed by atoms with Gasteiger partial charge >= 0.3 is 0 Å². The maximum atomic E-state index is 5.76. The van der Waals surface area contributed by atoms with E-state index in [4.69, 9.17) is 9.26 Å². The topological polar surface area (TPSA) is 88.9 Å². The smallest absolute Gasteiger partial charge is 0.178 e. The monoisotopic (exact) mass is 357 g/mol. The lowest BCUT2D eigenvalue weighted by atomic mass is 10.2. The Hall–Kier alpha value is -3.87. The second-order valence-electron chi connectivity index (χ2n) is 6.04. The van der Waals surface area contributed by atoms with Crippen molar-refractivity contribution in [2.75, 3.05) is 5.32 Å². The van der Waals surface area contributed by atoms with Crippen LogP contribution in [0.5, 0.6) is 5.75 Å². The van der Waals surface area contributed by atoms with Crippen molar-refractivity contribution in [3.63, 3.8) is 0 Å². The van der Waals surface area contributed by atoms with Crippen LogP contribution in [0.1, 0.15) is 5.69 Å². The Labute approximate surface area is 154 Å². The molecule has 0 aliphatic rings. The lowest BCUT2D eigenvalue weighted by Gasteiger charge is -2.04. The van der Waals surface area contributed by atoms with Gasteiger partial charge in [-0.3, -0.25) is 10.1 Å². The molecule has 3 aromatic heterocycles. The summed E-state index contributed by atoms with van der Waals surface area (Å²) in [5, 5.41) is 15.5. The van der Waals surface area contributed by atoms with Crippen LogP contribution >= 0.6 is 0 Å². The number of hydrogen-bond donors (Lipinski definition) is 2. The van der Waals surface area contributed by atoms with E-state index in [-0.39, 0.29) is 0 Å². The van der Waals surface area contributed by atoms with Gasteiger partial charge in [0.15, 0.2) is 11.4 Å². The summed E-state index contributed by atoms with van der Waals surface area (Å²) < 4.78 is 11.2. The third kappa shape index (κ3) is 2.95. The molecule has 5 rings (SSSR count). The van der Waals surface area contributed by atoms with Gasteiger partial charge in [0.05, 0.1) is 5.52 Å². The van der Waals surface area contributed by atoms with E-state index < -0.39 is 0 Å². The van der Waals surface area contributed by atoms with Crippen LogP contribution < -0.4 is 10.1 Å². The molecule has 0 atom stereocenters. The van der Waals surface area contributed by atoms with Crippen LogP contribution in [0, 0.1) is 0 Å². The number of anilines is 2. The van der Waals surface area contributed by atoms with E-state index in [1.54, 1.807) is 6.20 Å². The fraction of sp³-hybridized carbons (Fsp3) is 0.0500. The second-order valence-corrected chi connectivity index (χ2v) is 6.04. The summed E-state index contributed by atoms with van der Waals surface area (Å²) in [5.74, 6) is 1.46. The molecule has 0 fully saturated rings. The summed E-state index contributed by atoms with van der Waals surface area (Å²) >= 11 is 0. The van der Waals surface area contributed by atoms with Gasteiger partial charge in [0, 0.05) is 23.3 Å². The second kappa shape index (κ2) is 6.45. The highest BCUT2D eigenvalue weighted by molar-refractivity contribution is 5.89. The highest BCUT2D eigenvalue weighted by Gasteiger charge is 2.11. The molecule has 0 saturated heterocycles. The SMILES string of the molecule is c1ccc(OCc2noc3cc(Nc4n[nH]c5cccnc45)ccc23)cc1. The minimum Gasteiger partial charge on any atom is -0.487 e. The molecule has 27 heavy (non-hydrogen) atoms. The number of rotatable bonds is 5. The number of H-pyrrole nitrogens is 1. The van der Waals surface area contributed by atoms with Gasteiger partial charge in [0.1, 0.15) is 23.6 Å². The van der Waals surface area contributed by atoms with Gasteiger partial charge in [-0.1, -0.05) is 23.4 Å². The van der Waals surface area contributed by atoms with Crippen LogP contribution in [0.2, 0.25) is 0 Å². The molecule has 0 aliphatic carbocycles. The van der Waals surface area contributed by atoms with Crippen molar-refractivity contribution >= 4 is 33.5 Å². The average molecular weight is 357 g/mol. The van der Waals surface area contributed by atoms with Gasteiger partial charge in [-0.05, 0) is 36.4 Å².